The molecule has 4 rings (SSSR count). The minimum absolute atomic E-state index is 0.152. The average molecular weight is 423 g/mol. The van der Waals surface area contributed by atoms with Crippen molar-refractivity contribution in [3.8, 4) is 0 Å². The first kappa shape index (κ1) is 19.5. The maximum absolute atomic E-state index is 13.6. The first-order chi connectivity index (χ1) is 14.3. The van der Waals surface area contributed by atoms with Gasteiger partial charge in [-0.15, -0.1) is 0 Å². The fourth-order valence-corrected chi connectivity index (χ4v) is 3.61. The molecule has 2 aromatic carbocycles. The first-order valence-corrected chi connectivity index (χ1v) is 9.22. The number of hydrogen-bond donors (Lipinski definition) is 2. The van der Waals surface area contributed by atoms with Gasteiger partial charge in [-0.3, -0.25) is 24.6 Å². The number of hydrogen-bond acceptors (Lipinski definition) is 4. The van der Waals surface area contributed by atoms with E-state index in [1.165, 1.54) is 28.8 Å². The lowest BCUT2D eigenvalue weighted by atomic mass is 10.1. The highest BCUT2D eigenvalue weighted by molar-refractivity contribution is 7.80. The summed E-state index contributed by atoms with van der Waals surface area (Å²) in [5.41, 5.74) is 1.13. The molecule has 9 heteroatoms. The fourth-order valence-electron chi connectivity index (χ4n) is 3.33. The summed E-state index contributed by atoms with van der Waals surface area (Å²) in [5, 5.41) is 12.1. The predicted molar refractivity (Wildman–Crippen MR) is 112 cm³/mol. The summed E-state index contributed by atoms with van der Waals surface area (Å²) >= 11 is 5.11. The Hall–Kier alpha value is -3.85. The molecule has 1 saturated heterocycles. The highest BCUT2D eigenvalue weighted by atomic mass is 32.1. The second-order valence-electron chi connectivity index (χ2n) is 6.56. The Balaban J connectivity index is 1.81. The third kappa shape index (κ3) is 3.46. The van der Waals surface area contributed by atoms with Crippen molar-refractivity contribution in [2.45, 2.75) is 6.54 Å². The van der Waals surface area contributed by atoms with Crippen LogP contribution in [0, 0.1) is 5.82 Å². The largest absolute Gasteiger partial charge is 0.480 e. The minimum Gasteiger partial charge on any atom is -0.480 e. The standard InChI is InChI=1S/C21H14FN3O4S/c22-13-4-3-5-14(9-13)25-20(29)16(19(28)23-21(25)30)8-12-10-24(11-18(26)27)17-7-2-1-6-15(12)17/h1-10H,11H2,(H,26,27)(H,23,28,30)/b16-8+. The van der Waals surface area contributed by atoms with Crippen LogP contribution in [0.1, 0.15) is 5.56 Å². The Bertz CT molecular complexity index is 1260. The lowest BCUT2D eigenvalue weighted by Gasteiger charge is -2.28. The first-order valence-electron chi connectivity index (χ1n) is 8.82. The Morgan fingerprint density at radius 2 is 1.93 bits per heavy atom. The Morgan fingerprint density at radius 3 is 2.67 bits per heavy atom. The number of nitrogens with zero attached hydrogens (tertiary/aromatic N) is 2. The lowest BCUT2D eigenvalue weighted by molar-refractivity contribution is -0.137. The average Bonchev–Trinajstić information content (AvgIpc) is 3.02. The molecule has 2 heterocycles. The number of fused-ring (bicyclic) bond motifs is 1. The van der Waals surface area contributed by atoms with Crippen LogP contribution >= 0.6 is 12.2 Å². The summed E-state index contributed by atoms with van der Waals surface area (Å²) in [6.45, 7) is -0.274. The van der Waals surface area contributed by atoms with E-state index in [2.05, 4.69) is 5.32 Å². The van der Waals surface area contributed by atoms with Crippen molar-refractivity contribution in [1.82, 2.24) is 9.88 Å². The van der Waals surface area contributed by atoms with Gasteiger partial charge in [-0.1, -0.05) is 24.3 Å². The van der Waals surface area contributed by atoms with E-state index in [-0.39, 0.29) is 22.9 Å². The van der Waals surface area contributed by atoms with Crippen molar-refractivity contribution in [1.29, 1.82) is 0 Å². The molecule has 0 unspecified atom stereocenters. The Morgan fingerprint density at radius 1 is 1.17 bits per heavy atom. The molecule has 2 amide bonds. The number of nitrogens with one attached hydrogen (secondary N) is 1. The molecule has 0 bridgehead atoms. The predicted octanol–water partition coefficient (Wildman–Crippen LogP) is 2.70. The van der Waals surface area contributed by atoms with Gasteiger partial charge in [-0.2, -0.15) is 0 Å². The number of para-hydroxylation sites is 1. The van der Waals surface area contributed by atoms with Crippen LogP contribution in [-0.4, -0.2) is 32.6 Å². The summed E-state index contributed by atoms with van der Waals surface area (Å²) in [4.78, 5) is 37.8. The van der Waals surface area contributed by atoms with E-state index in [1.54, 1.807) is 30.5 Å². The number of carbonyl (C=O) groups excluding carboxylic acids is 2. The quantitative estimate of drug-likeness (QED) is 0.383. The van der Waals surface area contributed by atoms with E-state index in [1.807, 2.05) is 0 Å². The molecule has 2 N–H and O–H groups in total. The number of carboxylic acid groups (broad SMARTS) is 1. The number of anilines is 1. The minimum atomic E-state index is -1.02. The van der Waals surface area contributed by atoms with Crippen molar-refractivity contribution < 1.29 is 23.9 Å². The third-order valence-corrected chi connectivity index (χ3v) is 4.88. The topological polar surface area (TPSA) is 91.6 Å². The number of aliphatic carboxylic acids is 1. The normalized spacial score (nSPS) is 15.7. The molecular weight excluding hydrogens is 409 g/mol. The molecule has 1 fully saturated rings. The van der Waals surface area contributed by atoms with Gasteiger partial charge >= 0.3 is 5.97 Å². The maximum Gasteiger partial charge on any atom is 0.323 e. The highest BCUT2D eigenvalue weighted by Gasteiger charge is 2.34. The summed E-state index contributed by atoms with van der Waals surface area (Å²) in [7, 11) is 0. The molecular formula is C21H14FN3O4S. The van der Waals surface area contributed by atoms with E-state index in [4.69, 9.17) is 17.3 Å². The SMILES string of the molecule is O=C(O)Cn1cc(/C=C2\C(=O)NC(=S)N(c3cccc(F)c3)C2=O)c2ccccc21. The lowest BCUT2D eigenvalue weighted by Crippen LogP contribution is -2.54. The van der Waals surface area contributed by atoms with Crippen LogP contribution in [0.25, 0.3) is 17.0 Å². The van der Waals surface area contributed by atoms with E-state index in [0.717, 1.165) is 11.0 Å². The Kier molecular flexibility index (Phi) is 4.88. The number of aromatic nitrogens is 1. The van der Waals surface area contributed by atoms with Crippen LogP contribution in [0.4, 0.5) is 10.1 Å². The molecule has 7 nitrogen and oxygen atoms in total. The van der Waals surface area contributed by atoms with Crippen LogP contribution in [-0.2, 0) is 20.9 Å². The molecule has 1 aliphatic rings. The van der Waals surface area contributed by atoms with Crippen LogP contribution < -0.4 is 10.2 Å². The molecule has 3 aromatic rings. The zero-order chi connectivity index (χ0) is 21.4. The maximum atomic E-state index is 13.6. The molecule has 1 aromatic heterocycles. The molecule has 0 aliphatic carbocycles. The van der Waals surface area contributed by atoms with Gasteiger partial charge in [0.25, 0.3) is 11.8 Å². The van der Waals surface area contributed by atoms with E-state index in [9.17, 15) is 18.8 Å². The van der Waals surface area contributed by atoms with Crippen LogP contribution in [0.15, 0.2) is 60.3 Å². The van der Waals surface area contributed by atoms with Crippen molar-refractivity contribution >= 4 is 57.8 Å². The second-order valence-corrected chi connectivity index (χ2v) is 6.95. The van der Waals surface area contributed by atoms with Crippen LogP contribution in [0.3, 0.4) is 0 Å². The summed E-state index contributed by atoms with van der Waals surface area (Å²) in [6.07, 6.45) is 2.94. The zero-order valence-electron chi connectivity index (χ0n) is 15.3. The number of carbonyl (C=O) groups is 3. The van der Waals surface area contributed by atoms with Gasteiger partial charge in [-0.25, -0.2) is 4.39 Å². The molecule has 0 saturated carbocycles. The summed E-state index contributed by atoms with van der Waals surface area (Å²) in [6, 6.07) is 12.3. The summed E-state index contributed by atoms with van der Waals surface area (Å²) in [5.74, 6) is -2.97. The number of amides is 2. The number of benzene rings is 2. The monoisotopic (exact) mass is 423 g/mol. The van der Waals surface area contributed by atoms with Crippen molar-refractivity contribution in [2.24, 2.45) is 0 Å². The third-order valence-electron chi connectivity index (χ3n) is 4.59. The van der Waals surface area contributed by atoms with Gasteiger partial charge in [0.2, 0.25) is 0 Å². The van der Waals surface area contributed by atoms with E-state index in [0.29, 0.717) is 16.5 Å². The van der Waals surface area contributed by atoms with Gasteiger partial charge in [0.1, 0.15) is 17.9 Å². The molecule has 1 aliphatic heterocycles. The fraction of sp³-hybridized carbons (Fsp3) is 0.0476. The Labute approximate surface area is 175 Å². The molecule has 30 heavy (non-hydrogen) atoms. The number of rotatable bonds is 4. The van der Waals surface area contributed by atoms with E-state index < -0.39 is 23.6 Å². The van der Waals surface area contributed by atoms with Gasteiger partial charge in [0.05, 0.1) is 5.69 Å². The molecule has 150 valence electrons. The second kappa shape index (κ2) is 7.53. The van der Waals surface area contributed by atoms with Crippen molar-refractivity contribution in [3.05, 3.63) is 71.7 Å². The van der Waals surface area contributed by atoms with Crippen LogP contribution in [0.2, 0.25) is 0 Å². The van der Waals surface area contributed by atoms with Crippen LogP contribution in [0.5, 0.6) is 0 Å². The van der Waals surface area contributed by atoms with Gasteiger partial charge in [-0.05, 0) is 42.6 Å². The van der Waals surface area contributed by atoms with Gasteiger partial charge in [0, 0.05) is 22.7 Å². The number of halogens is 1. The molecule has 0 atom stereocenters. The summed E-state index contributed by atoms with van der Waals surface area (Å²) < 4.78 is 15.2. The van der Waals surface area contributed by atoms with Gasteiger partial charge in [0.15, 0.2) is 5.11 Å². The van der Waals surface area contributed by atoms with E-state index >= 15 is 0 Å². The number of thiocarbonyl (C=S) groups is 1. The highest BCUT2D eigenvalue weighted by Crippen LogP contribution is 2.27. The smallest absolute Gasteiger partial charge is 0.323 e. The van der Waals surface area contributed by atoms with Crippen molar-refractivity contribution in [3.63, 3.8) is 0 Å². The molecule has 0 spiro atoms. The van der Waals surface area contributed by atoms with Gasteiger partial charge < -0.3 is 9.67 Å². The van der Waals surface area contributed by atoms with Crippen molar-refractivity contribution in [2.75, 3.05) is 4.90 Å². The zero-order valence-corrected chi connectivity index (χ0v) is 16.1. The molecule has 0 radical (unpaired) electrons. The number of carboxylic acids is 1.